The first-order chi connectivity index (χ1) is 7.34. The third-order valence-corrected chi connectivity index (χ3v) is 3.55. The third kappa shape index (κ3) is 3.43. The lowest BCUT2D eigenvalue weighted by atomic mass is 10.0. The van der Waals surface area contributed by atoms with Crippen LogP contribution in [0.1, 0.15) is 12.8 Å². The lowest BCUT2D eigenvalue weighted by molar-refractivity contribution is 0.410. The van der Waals surface area contributed by atoms with Crippen LogP contribution in [-0.4, -0.2) is 28.8 Å². The van der Waals surface area contributed by atoms with E-state index in [-0.39, 0.29) is 5.82 Å². The fraction of sp³-hybridized carbons (Fsp3) is 0.600. The first kappa shape index (κ1) is 10.8. The van der Waals surface area contributed by atoms with Crippen LogP contribution in [0.25, 0.3) is 0 Å². The second-order valence-electron chi connectivity index (χ2n) is 3.71. The summed E-state index contributed by atoms with van der Waals surface area (Å²) in [7, 11) is 0. The van der Waals surface area contributed by atoms with Gasteiger partial charge in [0.1, 0.15) is 0 Å². The van der Waals surface area contributed by atoms with Crippen LogP contribution < -0.4 is 5.32 Å². The van der Waals surface area contributed by atoms with Crippen LogP contribution in [0.5, 0.6) is 0 Å². The number of piperidine rings is 1. The van der Waals surface area contributed by atoms with Crippen molar-refractivity contribution in [3.05, 3.63) is 18.2 Å². The van der Waals surface area contributed by atoms with Gasteiger partial charge in [-0.1, -0.05) is 11.8 Å². The molecule has 1 N–H and O–H groups in total. The van der Waals surface area contributed by atoms with Crippen molar-refractivity contribution in [1.29, 1.82) is 0 Å². The Labute approximate surface area is 92.9 Å². The van der Waals surface area contributed by atoms with E-state index in [0.29, 0.717) is 11.1 Å². The van der Waals surface area contributed by atoms with Crippen molar-refractivity contribution in [2.45, 2.75) is 18.0 Å². The number of nitrogens with zero attached hydrogens (tertiary/aromatic N) is 2. The fourth-order valence-corrected chi connectivity index (χ4v) is 2.56. The normalized spacial score (nSPS) is 21.5. The molecule has 1 fully saturated rings. The summed E-state index contributed by atoms with van der Waals surface area (Å²) in [5.41, 5.74) is 0. The van der Waals surface area contributed by atoms with Crippen LogP contribution in [0.3, 0.4) is 0 Å². The zero-order chi connectivity index (χ0) is 10.5. The highest BCUT2D eigenvalue weighted by molar-refractivity contribution is 7.99. The van der Waals surface area contributed by atoms with E-state index in [1.807, 2.05) is 0 Å². The van der Waals surface area contributed by atoms with E-state index in [1.54, 1.807) is 11.8 Å². The highest BCUT2D eigenvalue weighted by Gasteiger charge is 2.13. The number of nitrogens with one attached hydrogen (secondary N) is 1. The predicted molar refractivity (Wildman–Crippen MR) is 58.3 cm³/mol. The van der Waals surface area contributed by atoms with Gasteiger partial charge in [0, 0.05) is 5.75 Å². The Morgan fingerprint density at radius 2 is 2.27 bits per heavy atom. The van der Waals surface area contributed by atoms with E-state index < -0.39 is 0 Å². The maximum atomic E-state index is 12.5. The van der Waals surface area contributed by atoms with Gasteiger partial charge in [-0.3, -0.25) is 0 Å². The molecular formula is C10H14FN3S. The van der Waals surface area contributed by atoms with E-state index in [0.717, 1.165) is 18.8 Å². The minimum absolute atomic E-state index is 0.376. The second-order valence-corrected chi connectivity index (χ2v) is 4.69. The molecule has 1 aliphatic rings. The molecule has 3 nitrogen and oxygen atoms in total. The molecule has 0 aromatic carbocycles. The summed E-state index contributed by atoms with van der Waals surface area (Å²) in [4.78, 5) is 7.84. The molecule has 2 rings (SSSR count). The van der Waals surface area contributed by atoms with Crippen molar-refractivity contribution in [3.63, 3.8) is 0 Å². The van der Waals surface area contributed by atoms with E-state index in [4.69, 9.17) is 0 Å². The van der Waals surface area contributed by atoms with Gasteiger partial charge in [-0.25, -0.2) is 14.4 Å². The van der Waals surface area contributed by atoms with E-state index in [1.165, 1.54) is 25.2 Å². The van der Waals surface area contributed by atoms with E-state index >= 15 is 0 Å². The molecule has 0 saturated carbocycles. The molecule has 1 aliphatic heterocycles. The summed E-state index contributed by atoms with van der Waals surface area (Å²) in [5, 5.41) is 4.03. The number of hydrogen-bond acceptors (Lipinski definition) is 4. The molecule has 1 saturated heterocycles. The third-order valence-electron chi connectivity index (χ3n) is 2.44. The summed E-state index contributed by atoms with van der Waals surface area (Å²) in [6.45, 7) is 2.21. The molecule has 0 spiro atoms. The van der Waals surface area contributed by atoms with E-state index in [2.05, 4.69) is 15.3 Å². The monoisotopic (exact) mass is 227 g/mol. The molecule has 2 heterocycles. The Kier molecular flexibility index (Phi) is 3.91. The molecular weight excluding hydrogens is 213 g/mol. The van der Waals surface area contributed by atoms with Gasteiger partial charge in [-0.2, -0.15) is 0 Å². The summed E-state index contributed by atoms with van der Waals surface area (Å²) >= 11 is 1.61. The zero-order valence-corrected chi connectivity index (χ0v) is 9.26. The van der Waals surface area contributed by atoms with Crippen molar-refractivity contribution >= 4 is 11.8 Å². The number of hydrogen-bond donors (Lipinski definition) is 1. The van der Waals surface area contributed by atoms with Gasteiger partial charge < -0.3 is 5.32 Å². The van der Waals surface area contributed by atoms with Gasteiger partial charge in [0.05, 0.1) is 12.4 Å². The molecule has 0 radical (unpaired) electrons. The number of thioether (sulfide) groups is 1. The van der Waals surface area contributed by atoms with Crippen molar-refractivity contribution in [3.8, 4) is 0 Å². The summed E-state index contributed by atoms with van der Waals surface area (Å²) in [6, 6.07) is 0. The molecule has 1 atom stereocenters. The SMILES string of the molecule is Fc1cnc(SC[C@H]2CCCNC2)nc1. The maximum absolute atomic E-state index is 12.5. The predicted octanol–water partition coefficient (Wildman–Crippen LogP) is 1.71. The number of halogens is 1. The molecule has 1 aromatic heterocycles. The molecule has 0 unspecified atom stereocenters. The molecule has 0 amide bonds. The molecule has 82 valence electrons. The first-order valence-corrected chi connectivity index (χ1v) is 6.14. The largest absolute Gasteiger partial charge is 0.316 e. The molecule has 15 heavy (non-hydrogen) atoms. The molecule has 5 heteroatoms. The van der Waals surface area contributed by atoms with Gasteiger partial charge in [0.2, 0.25) is 0 Å². The highest BCUT2D eigenvalue weighted by atomic mass is 32.2. The Bertz CT molecular complexity index is 298. The lowest BCUT2D eigenvalue weighted by Gasteiger charge is -2.21. The van der Waals surface area contributed by atoms with Crippen LogP contribution in [0.4, 0.5) is 4.39 Å². The summed E-state index contributed by atoms with van der Waals surface area (Å²) in [6.07, 6.45) is 4.94. The van der Waals surface area contributed by atoms with Crippen LogP contribution in [0.2, 0.25) is 0 Å². The smallest absolute Gasteiger partial charge is 0.187 e. The lowest BCUT2D eigenvalue weighted by Crippen LogP contribution is -2.30. The van der Waals surface area contributed by atoms with Crippen molar-refractivity contribution < 1.29 is 4.39 Å². The summed E-state index contributed by atoms with van der Waals surface area (Å²) < 4.78 is 12.5. The Morgan fingerprint density at radius 1 is 1.47 bits per heavy atom. The Morgan fingerprint density at radius 3 is 2.93 bits per heavy atom. The fourth-order valence-electron chi connectivity index (χ4n) is 1.63. The first-order valence-electron chi connectivity index (χ1n) is 5.15. The molecule has 0 bridgehead atoms. The summed E-state index contributed by atoms with van der Waals surface area (Å²) in [5.74, 6) is 1.33. The minimum Gasteiger partial charge on any atom is -0.316 e. The Hall–Kier alpha value is -0.680. The Balaban J connectivity index is 1.79. The quantitative estimate of drug-likeness (QED) is 0.630. The van der Waals surface area contributed by atoms with Crippen LogP contribution in [0, 0.1) is 11.7 Å². The average molecular weight is 227 g/mol. The zero-order valence-electron chi connectivity index (χ0n) is 8.45. The second kappa shape index (κ2) is 5.42. The minimum atomic E-state index is -0.376. The van der Waals surface area contributed by atoms with Gasteiger partial charge in [0.15, 0.2) is 11.0 Å². The number of aromatic nitrogens is 2. The topological polar surface area (TPSA) is 37.8 Å². The standard InChI is InChI=1S/C10H14FN3S/c11-9-5-13-10(14-6-9)15-7-8-2-1-3-12-4-8/h5-6,8,12H,1-4,7H2/t8-/m0/s1. The highest BCUT2D eigenvalue weighted by Crippen LogP contribution is 2.20. The van der Waals surface area contributed by atoms with Gasteiger partial charge in [-0.15, -0.1) is 0 Å². The van der Waals surface area contributed by atoms with Gasteiger partial charge >= 0.3 is 0 Å². The van der Waals surface area contributed by atoms with Crippen molar-refractivity contribution in [2.75, 3.05) is 18.8 Å². The van der Waals surface area contributed by atoms with Gasteiger partial charge in [0.25, 0.3) is 0 Å². The van der Waals surface area contributed by atoms with Crippen molar-refractivity contribution in [2.24, 2.45) is 5.92 Å². The molecule has 1 aromatic rings. The van der Waals surface area contributed by atoms with Crippen LogP contribution in [0.15, 0.2) is 17.6 Å². The number of rotatable bonds is 3. The van der Waals surface area contributed by atoms with Crippen molar-refractivity contribution in [1.82, 2.24) is 15.3 Å². The van der Waals surface area contributed by atoms with Crippen LogP contribution >= 0.6 is 11.8 Å². The maximum Gasteiger partial charge on any atom is 0.187 e. The van der Waals surface area contributed by atoms with E-state index in [9.17, 15) is 4.39 Å². The average Bonchev–Trinajstić information content (AvgIpc) is 2.30. The van der Waals surface area contributed by atoms with Crippen LogP contribution in [-0.2, 0) is 0 Å². The van der Waals surface area contributed by atoms with Gasteiger partial charge in [-0.05, 0) is 31.8 Å². The molecule has 0 aliphatic carbocycles.